The summed E-state index contributed by atoms with van der Waals surface area (Å²) in [4.78, 5) is 37.5. The fraction of sp³-hybridized carbons (Fsp3) is 0.375. The number of carbonyl (C=O) groups is 2. The Bertz CT molecular complexity index is 1320. The number of imidazole rings is 1. The number of amides is 1. The smallest absolute Gasteiger partial charge is 0.345 e. The van der Waals surface area contributed by atoms with Crippen LogP contribution in [0.1, 0.15) is 32.1 Å². The minimum Gasteiger partial charge on any atom is -0.478 e. The molecule has 0 bridgehead atoms. The lowest BCUT2D eigenvalue weighted by atomic mass is 10.0. The van der Waals surface area contributed by atoms with Crippen molar-refractivity contribution in [2.24, 2.45) is 0 Å². The van der Waals surface area contributed by atoms with Crippen LogP contribution in [0.2, 0.25) is 0 Å². The summed E-state index contributed by atoms with van der Waals surface area (Å²) in [6.45, 7) is 1.01. The second-order valence-electron chi connectivity index (χ2n) is 8.75. The number of aromatic amines is 1. The molecule has 2 aromatic carbocycles. The number of hydrogen-bond donors (Lipinski definition) is 6. The number of fused-ring (bicyclic) bond motifs is 1. The summed E-state index contributed by atoms with van der Waals surface area (Å²) in [6.07, 6.45) is 4.13. The van der Waals surface area contributed by atoms with E-state index in [9.17, 15) is 23.1 Å². The van der Waals surface area contributed by atoms with Crippen LogP contribution in [-0.4, -0.2) is 60.2 Å². The maximum absolute atomic E-state index is 13.5. The molecule has 1 saturated heterocycles. The predicted octanol–water partition coefficient (Wildman–Crippen LogP) is 1.70. The van der Waals surface area contributed by atoms with Crippen LogP contribution in [0, 0.1) is 0 Å². The molecule has 1 aromatic heterocycles. The number of carbonyl (C=O) groups excluding carboxylic acids is 1. The summed E-state index contributed by atoms with van der Waals surface area (Å²) >= 11 is 0. The van der Waals surface area contributed by atoms with Gasteiger partial charge >= 0.3 is 5.97 Å². The molecule has 0 saturated carbocycles. The number of hydrogen-bond acceptors (Lipinski definition) is 8. The number of benzene rings is 2. The first kappa shape index (κ1) is 26.5. The van der Waals surface area contributed by atoms with Crippen LogP contribution in [-0.2, 0) is 24.4 Å². The third kappa shape index (κ3) is 6.43. The van der Waals surface area contributed by atoms with Crippen LogP contribution in [0.5, 0.6) is 0 Å². The second kappa shape index (κ2) is 11.7. The lowest BCUT2D eigenvalue weighted by Gasteiger charge is -2.32. The van der Waals surface area contributed by atoms with Crippen LogP contribution in [0.15, 0.2) is 59.8 Å². The number of hydroxylamine groups is 1. The summed E-state index contributed by atoms with van der Waals surface area (Å²) in [5.41, 5.74) is 0.308. The Balaban J connectivity index is 1.54. The molecule has 0 aliphatic carbocycles. The van der Waals surface area contributed by atoms with E-state index in [1.165, 1.54) is 6.07 Å². The summed E-state index contributed by atoms with van der Waals surface area (Å²) in [5, 5.41) is 16.9. The highest BCUT2D eigenvalue weighted by Gasteiger charge is 2.45. The van der Waals surface area contributed by atoms with Crippen molar-refractivity contribution in [3.05, 3.63) is 54.9 Å². The van der Waals surface area contributed by atoms with Crippen molar-refractivity contribution in [1.82, 2.24) is 25.5 Å². The minimum atomic E-state index is -4.36. The number of carboxylic acids is 1. The average molecular weight is 531 g/mol. The van der Waals surface area contributed by atoms with E-state index in [0.29, 0.717) is 55.5 Å². The molecule has 1 fully saturated rings. The summed E-state index contributed by atoms with van der Waals surface area (Å²) in [7, 11) is -4.36. The van der Waals surface area contributed by atoms with Gasteiger partial charge in [0.25, 0.3) is 5.91 Å². The largest absolute Gasteiger partial charge is 0.478 e. The number of aromatic nitrogens is 2. The molecular weight excluding hydrogens is 500 g/mol. The first-order valence-electron chi connectivity index (χ1n) is 12.0. The molecule has 4 rings (SSSR count). The molecule has 0 spiro atoms. The van der Waals surface area contributed by atoms with Gasteiger partial charge in [0.1, 0.15) is 0 Å². The number of carboxylic acid groups (broad SMARTS) is 1. The zero-order valence-corrected chi connectivity index (χ0v) is 20.9. The lowest BCUT2D eigenvalue weighted by Crippen LogP contribution is -2.66. The number of nitrogens with one attached hydrogen (secondary N) is 5. The van der Waals surface area contributed by atoms with Crippen LogP contribution >= 0.6 is 0 Å². The van der Waals surface area contributed by atoms with Crippen LogP contribution in [0.3, 0.4) is 0 Å². The molecule has 1 aliphatic rings. The molecule has 2 unspecified atom stereocenters. The SMILES string of the molecule is O=C(NC(CCCCCNc1ncc[nH]1)(NS(=O)(=O)c1cccc2ccccc12)C(=O)O)C1CCNO1. The van der Waals surface area contributed by atoms with Gasteiger partial charge in [-0.15, -0.1) is 0 Å². The fourth-order valence-corrected chi connectivity index (χ4v) is 5.74. The lowest BCUT2D eigenvalue weighted by molar-refractivity contribution is -0.151. The topological polar surface area (TPSA) is 175 Å². The molecule has 37 heavy (non-hydrogen) atoms. The molecule has 1 aliphatic heterocycles. The van der Waals surface area contributed by atoms with E-state index in [1.54, 1.807) is 48.8 Å². The number of sulfonamides is 1. The van der Waals surface area contributed by atoms with Gasteiger partial charge in [-0.1, -0.05) is 42.8 Å². The number of unbranched alkanes of at least 4 members (excludes halogenated alkanes) is 2. The van der Waals surface area contributed by atoms with Crippen molar-refractivity contribution in [1.29, 1.82) is 0 Å². The Morgan fingerprint density at radius 2 is 1.95 bits per heavy atom. The maximum atomic E-state index is 13.5. The third-order valence-electron chi connectivity index (χ3n) is 6.10. The van der Waals surface area contributed by atoms with Crippen molar-refractivity contribution in [3.63, 3.8) is 0 Å². The Hall–Kier alpha value is -3.52. The standard InChI is InChI=1S/C24H30N6O6S/c31-21(19-11-14-28-36-19)29-24(22(32)33,12-4-1-5-13-25-23-26-15-16-27-23)30-37(34,35)20-10-6-8-17-7-2-3-9-18(17)20/h2-3,6-10,15-16,19,28,30H,1,4-5,11-14H2,(H,29,31)(H,32,33)(H2,25,26,27). The van der Waals surface area contributed by atoms with Gasteiger partial charge < -0.3 is 20.7 Å². The summed E-state index contributed by atoms with van der Waals surface area (Å²) < 4.78 is 29.4. The van der Waals surface area contributed by atoms with E-state index in [-0.39, 0.29) is 11.3 Å². The third-order valence-corrected chi connectivity index (χ3v) is 7.65. The quantitative estimate of drug-likeness (QED) is 0.142. The van der Waals surface area contributed by atoms with Gasteiger partial charge in [0.05, 0.1) is 4.90 Å². The number of nitrogens with zero attached hydrogens (tertiary/aromatic N) is 1. The molecule has 1 amide bonds. The van der Waals surface area contributed by atoms with Gasteiger partial charge in [-0.25, -0.2) is 23.7 Å². The first-order chi connectivity index (χ1) is 17.8. The van der Waals surface area contributed by atoms with Crippen LogP contribution in [0.25, 0.3) is 10.8 Å². The van der Waals surface area contributed by atoms with Gasteiger partial charge in [0, 0.05) is 30.9 Å². The first-order valence-corrected chi connectivity index (χ1v) is 13.5. The Morgan fingerprint density at radius 3 is 2.68 bits per heavy atom. The second-order valence-corrected chi connectivity index (χ2v) is 10.4. The zero-order chi connectivity index (χ0) is 26.3. The molecule has 198 valence electrons. The Morgan fingerprint density at radius 1 is 1.14 bits per heavy atom. The van der Waals surface area contributed by atoms with E-state index >= 15 is 0 Å². The zero-order valence-electron chi connectivity index (χ0n) is 20.1. The number of aliphatic carboxylic acids is 1. The van der Waals surface area contributed by atoms with Gasteiger partial charge in [-0.05, 0) is 37.1 Å². The highest BCUT2D eigenvalue weighted by molar-refractivity contribution is 7.89. The monoisotopic (exact) mass is 530 g/mol. The highest BCUT2D eigenvalue weighted by atomic mass is 32.2. The van der Waals surface area contributed by atoms with Crippen molar-refractivity contribution in [3.8, 4) is 0 Å². The molecular formula is C24H30N6O6S. The molecule has 13 heteroatoms. The van der Waals surface area contributed by atoms with Crippen molar-refractivity contribution in [2.75, 3.05) is 18.4 Å². The molecule has 12 nitrogen and oxygen atoms in total. The van der Waals surface area contributed by atoms with Gasteiger partial charge in [-0.2, -0.15) is 4.72 Å². The van der Waals surface area contributed by atoms with E-state index < -0.39 is 33.7 Å². The Kier molecular flexibility index (Phi) is 8.38. The molecule has 3 aromatic rings. The van der Waals surface area contributed by atoms with Crippen LogP contribution < -0.4 is 20.8 Å². The molecule has 2 heterocycles. The van der Waals surface area contributed by atoms with Gasteiger partial charge in [0.2, 0.25) is 15.7 Å². The molecule has 0 radical (unpaired) electrons. The summed E-state index contributed by atoms with van der Waals surface area (Å²) in [6, 6.07) is 11.7. The number of H-pyrrole nitrogens is 1. The van der Waals surface area contributed by atoms with Crippen molar-refractivity contribution < 1.29 is 28.0 Å². The minimum absolute atomic E-state index is 0.0769. The fourth-order valence-electron chi connectivity index (χ4n) is 4.20. The Labute approximate surface area is 214 Å². The van der Waals surface area contributed by atoms with E-state index in [2.05, 4.69) is 30.8 Å². The predicted molar refractivity (Wildman–Crippen MR) is 136 cm³/mol. The van der Waals surface area contributed by atoms with Crippen molar-refractivity contribution >= 4 is 38.6 Å². The van der Waals surface area contributed by atoms with E-state index in [1.807, 2.05) is 0 Å². The van der Waals surface area contributed by atoms with E-state index in [0.717, 1.165) is 0 Å². The normalized spacial score (nSPS) is 17.4. The van der Waals surface area contributed by atoms with Crippen molar-refractivity contribution in [2.45, 2.75) is 48.8 Å². The van der Waals surface area contributed by atoms with Gasteiger partial charge in [0.15, 0.2) is 12.1 Å². The number of anilines is 1. The van der Waals surface area contributed by atoms with Crippen LogP contribution in [0.4, 0.5) is 5.95 Å². The number of rotatable bonds is 13. The van der Waals surface area contributed by atoms with Gasteiger partial charge in [-0.3, -0.25) is 9.63 Å². The maximum Gasteiger partial charge on any atom is 0.345 e. The molecule has 6 N–H and O–H groups in total. The summed E-state index contributed by atoms with van der Waals surface area (Å²) in [5.74, 6) is -1.60. The molecule has 2 atom stereocenters. The van der Waals surface area contributed by atoms with E-state index in [4.69, 9.17) is 4.84 Å². The average Bonchev–Trinajstić information content (AvgIpc) is 3.60. The highest BCUT2D eigenvalue weighted by Crippen LogP contribution is 2.25.